The zero-order chi connectivity index (χ0) is 20.7. The van der Waals surface area contributed by atoms with E-state index < -0.39 is 4.92 Å². The summed E-state index contributed by atoms with van der Waals surface area (Å²) in [7, 11) is 0. The molecule has 2 aromatic rings. The van der Waals surface area contributed by atoms with Gasteiger partial charge < -0.3 is 9.88 Å². The molecule has 4 rings (SSSR count). The Morgan fingerprint density at radius 1 is 1.21 bits per heavy atom. The number of pyridine rings is 1. The standard InChI is InChI=1S/C19H18I2N4O4/c20-14-5-13(25(28)29)6-15(21)19(14)22-17(26)10-23-7-11-4-12(9-23)16-2-1-3-18(27)24(16)8-11/h1-3,5-6,11-12H,4,7-10H2,(H,22,26)/t11-,12-/m1/s1. The molecular weight excluding hydrogens is 602 g/mol. The molecule has 152 valence electrons. The minimum Gasteiger partial charge on any atom is -0.323 e. The number of hydrogen-bond acceptors (Lipinski definition) is 5. The Kier molecular flexibility index (Phi) is 5.93. The second-order valence-corrected chi connectivity index (χ2v) is 9.81. The third-order valence-corrected chi connectivity index (χ3v) is 7.13. The molecule has 0 spiro atoms. The van der Waals surface area contributed by atoms with E-state index in [1.807, 2.05) is 55.8 Å². The van der Waals surface area contributed by atoms with Crippen LogP contribution in [0.25, 0.3) is 0 Å². The van der Waals surface area contributed by atoms with Crippen LogP contribution in [0.4, 0.5) is 11.4 Å². The molecule has 1 fully saturated rings. The summed E-state index contributed by atoms with van der Waals surface area (Å²) in [4.78, 5) is 37.5. The van der Waals surface area contributed by atoms with Crippen LogP contribution in [0.3, 0.4) is 0 Å². The van der Waals surface area contributed by atoms with Crippen LogP contribution < -0.4 is 10.9 Å². The first-order valence-corrected chi connectivity index (χ1v) is 11.3. The second-order valence-electron chi connectivity index (χ2n) is 7.48. The molecule has 1 aromatic heterocycles. The first kappa shape index (κ1) is 20.7. The minimum atomic E-state index is -0.439. The van der Waals surface area contributed by atoms with E-state index >= 15 is 0 Å². The molecular formula is C19H18I2N4O4. The minimum absolute atomic E-state index is 0.00885. The number of rotatable bonds is 4. The van der Waals surface area contributed by atoms with Crippen molar-refractivity contribution in [1.29, 1.82) is 0 Å². The number of amides is 1. The van der Waals surface area contributed by atoms with E-state index in [1.165, 1.54) is 12.1 Å². The number of carbonyl (C=O) groups excluding carboxylic acids is 1. The van der Waals surface area contributed by atoms with Crippen molar-refractivity contribution < 1.29 is 9.72 Å². The normalized spacial score (nSPS) is 20.8. The van der Waals surface area contributed by atoms with Crippen molar-refractivity contribution in [2.45, 2.75) is 18.9 Å². The lowest BCUT2D eigenvalue weighted by Crippen LogP contribution is -2.49. The molecule has 0 unspecified atom stereocenters. The third-order valence-electron chi connectivity index (χ3n) is 5.42. The number of benzene rings is 1. The SMILES string of the molecule is O=C(CN1C[C@H]2C[C@H](C1)c1cccc(=O)n1C2)Nc1c(I)cc([N+](=O)[O-])cc1I. The van der Waals surface area contributed by atoms with Gasteiger partial charge in [-0.1, -0.05) is 6.07 Å². The largest absolute Gasteiger partial charge is 0.323 e. The molecule has 2 atom stereocenters. The summed E-state index contributed by atoms with van der Waals surface area (Å²) in [5.74, 6) is 0.470. The van der Waals surface area contributed by atoms with Gasteiger partial charge in [0.05, 0.1) is 17.2 Å². The Balaban J connectivity index is 1.45. The average molecular weight is 620 g/mol. The van der Waals surface area contributed by atoms with Crippen molar-refractivity contribution in [2.24, 2.45) is 5.92 Å². The van der Waals surface area contributed by atoms with Crippen molar-refractivity contribution in [2.75, 3.05) is 25.0 Å². The molecule has 1 saturated heterocycles. The number of nitrogens with zero attached hydrogens (tertiary/aromatic N) is 3. The highest BCUT2D eigenvalue weighted by atomic mass is 127. The van der Waals surface area contributed by atoms with Gasteiger partial charge in [0.15, 0.2) is 0 Å². The lowest BCUT2D eigenvalue weighted by atomic mass is 9.83. The van der Waals surface area contributed by atoms with E-state index in [4.69, 9.17) is 0 Å². The maximum absolute atomic E-state index is 12.7. The third kappa shape index (κ3) is 4.33. The Bertz CT molecular complexity index is 1030. The molecule has 0 radical (unpaired) electrons. The Labute approximate surface area is 194 Å². The highest BCUT2D eigenvalue weighted by molar-refractivity contribution is 14.1. The summed E-state index contributed by atoms with van der Waals surface area (Å²) < 4.78 is 3.15. The number of nitro groups is 1. The van der Waals surface area contributed by atoms with Crippen molar-refractivity contribution in [3.63, 3.8) is 0 Å². The number of anilines is 1. The molecule has 3 heterocycles. The number of carbonyl (C=O) groups is 1. The van der Waals surface area contributed by atoms with Gasteiger partial charge in [-0.3, -0.25) is 24.6 Å². The van der Waals surface area contributed by atoms with Gasteiger partial charge in [-0.05, 0) is 63.6 Å². The molecule has 0 saturated carbocycles. The van der Waals surface area contributed by atoms with E-state index in [2.05, 4.69) is 10.2 Å². The summed E-state index contributed by atoms with van der Waals surface area (Å²) in [6.07, 6.45) is 1.04. The summed E-state index contributed by atoms with van der Waals surface area (Å²) in [6.45, 7) is 2.47. The smallest absolute Gasteiger partial charge is 0.271 e. The fourth-order valence-electron chi connectivity index (χ4n) is 4.29. The van der Waals surface area contributed by atoms with Crippen molar-refractivity contribution >= 4 is 62.5 Å². The number of non-ortho nitro benzene ring substituents is 1. The van der Waals surface area contributed by atoms with Gasteiger partial charge in [0.2, 0.25) is 5.91 Å². The van der Waals surface area contributed by atoms with Crippen LogP contribution in [-0.4, -0.2) is 39.9 Å². The molecule has 2 aliphatic rings. The summed E-state index contributed by atoms with van der Waals surface area (Å²) in [6, 6.07) is 8.33. The van der Waals surface area contributed by atoms with Crippen LogP contribution in [0.5, 0.6) is 0 Å². The predicted molar refractivity (Wildman–Crippen MR) is 125 cm³/mol. The molecule has 1 amide bonds. The van der Waals surface area contributed by atoms with E-state index in [0.717, 1.165) is 25.2 Å². The Hall–Kier alpha value is -1.54. The van der Waals surface area contributed by atoms with Gasteiger partial charge in [-0.25, -0.2) is 0 Å². The number of aromatic nitrogens is 1. The van der Waals surface area contributed by atoms with Crippen molar-refractivity contribution in [1.82, 2.24) is 9.47 Å². The summed E-state index contributed by atoms with van der Waals surface area (Å²) in [5.41, 5.74) is 1.72. The number of halogens is 2. The molecule has 29 heavy (non-hydrogen) atoms. The van der Waals surface area contributed by atoms with E-state index in [1.54, 1.807) is 12.1 Å². The van der Waals surface area contributed by atoms with Crippen LogP contribution in [-0.2, 0) is 11.3 Å². The lowest BCUT2D eigenvalue weighted by Gasteiger charge is -2.42. The summed E-state index contributed by atoms with van der Waals surface area (Å²) in [5, 5.41) is 13.9. The van der Waals surface area contributed by atoms with Crippen LogP contribution in [0.2, 0.25) is 0 Å². The van der Waals surface area contributed by atoms with Gasteiger partial charge in [0.25, 0.3) is 11.2 Å². The molecule has 1 N–H and O–H groups in total. The number of hydrogen-bond donors (Lipinski definition) is 1. The number of fused-ring (bicyclic) bond motifs is 4. The zero-order valence-corrected chi connectivity index (χ0v) is 19.6. The second kappa shape index (κ2) is 8.30. The molecule has 10 heteroatoms. The van der Waals surface area contributed by atoms with Crippen LogP contribution in [0.1, 0.15) is 18.0 Å². The topological polar surface area (TPSA) is 97.5 Å². The number of likely N-dealkylation sites (tertiary alicyclic amines) is 1. The first-order chi connectivity index (χ1) is 13.8. The molecule has 8 nitrogen and oxygen atoms in total. The van der Waals surface area contributed by atoms with Crippen molar-refractivity contribution in [3.8, 4) is 0 Å². The van der Waals surface area contributed by atoms with E-state index in [-0.39, 0.29) is 29.6 Å². The maximum atomic E-state index is 12.7. The zero-order valence-electron chi connectivity index (χ0n) is 15.3. The van der Waals surface area contributed by atoms with Crippen LogP contribution >= 0.6 is 45.2 Å². The quantitative estimate of drug-likeness (QED) is 0.322. The van der Waals surface area contributed by atoms with Gasteiger partial charge in [-0.2, -0.15) is 0 Å². The molecule has 2 aliphatic heterocycles. The molecule has 2 bridgehead atoms. The number of piperidine rings is 1. The maximum Gasteiger partial charge on any atom is 0.271 e. The summed E-state index contributed by atoms with van der Waals surface area (Å²) >= 11 is 4.01. The van der Waals surface area contributed by atoms with Crippen LogP contribution in [0, 0.1) is 23.2 Å². The average Bonchev–Trinajstić information content (AvgIpc) is 2.65. The number of nitro benzene ring substituents is 1. The lowest BCUT2D eigenvalue weighted by molar-refractivity contribution is -0.385. The van der Waals surface area contributed by atoms with Gasteiger partial charge in [-0.15, -0.1) is 0 Å². The van der Waals surface area contributed by atoms with E-state index in [0.29, 0.717) is 25.3 Å². The van der Waals surface area contributed by atoms with Crippen LogP contribution in [0.15, 0.2) is 35.1 Å². The van der Waals surface area contributed by atoms with Gasteiger partial charge >= 0.3 is 0 Å². The Morgan fingerprint density at radius 2 is 1.93 bits per heavy atom. The fourth-order valence-corrected chi connectivity index (χ4v) is 6.30. The van der Waals surface area contributed by atoms with E-state index in [9.17, 15) is 19.7 Å². The highest BCUT2D eigenvalue weighted by Crippen LogP contribution is 2.35. The first-order valence-electron chi connectivity index (χ1n) is 9.17. The predicted octanol–water partition coefficient (Wildman–Crippen LogP) is 3.02. The fraction of sp³-hybridized carbons (Fsp3) is 0.368. The van der Waals surface area contributed by atoms with Gasteiger partial charge in [0, 0.05) is 56.6 Å². The Morgan fingerprint density at radius 3 is 2.62 bits per heavy atom. The van der Waals surface area contributed by atoms with Crippen molar-refractivity contribution in [3.05, 3.63) is 63.6 Å². The monoisotopic (exact) mass is 620 g/mol. The van der Waals surface area contributed by atoms with Gasteiger partial charge in [0.1, 0.15) is 0 Å². The number of nitrogens with one attached hydrogen (secondary N) is 1. The highest BCUT2D eigenvalue weighted by Gasteiger charge is 2.35. The molecule has 0 aliphatic carbocycles. The molecule has 1 aromatic carbocycles.